The minimum Gasteiger partial charge on any atom is -0.242 e. The van der Waals surface area contributed by atoms with Crippen molar-refractivity contribution < 1.29 is 4.39 Å². The zero-order valence-corrected chi connectivity index (χ0v) is 7.86. The fraction of sp³-hybridized carbons (Fsp3) is 0.100. The van der Waals surface area contributed by atoms with Crippen molar-refractivity contribution >= 4 is 11.3 Å². The molecule has 1 radical (unpaired) electrons. The Labute approximate surface area is 79.9 Å². The Balaban J connectivity index is 2.41. The van der Waals surface area contributed by atoms with E-state index in [1.165, 1.54) is 6.07 Å². The van der Waals surface area contributed by atoms with Crippen LogP contribution in [0.3, 0.4) is 0 Å². The van der Waals surface area contributed by atoms with Crippen LogP contribution in [0.15, 0.2) is 23.6 Å². The quantitative estimate of drug-likeness (QED) is 0.676. The van der Waals surface area contributed by atoms with Gasteiger partial charge in [-0.15, -0.1) is 11.3 Å². The maximum atomic E-state index is 12.5. The Morgan fingerprint density at radius 1 is 1.46 bits per heavy atom. The Morgan fingerprint density at radius 2 is 2.31 bits per heavy atom. The van der Waals surface area contributed by atoms with Gasteiger partial charge in [-0.05, 0) is 25.1 Å². The van der Waals surface area contributed by atoms with Gasteiger partial charge in [0.25, 0.3) is 0 Å². The molecule has 0 atom stereocenters. The number of thiazole rings is 1. The zero-order valence-electron chi connectivity index (χ0n) is 7.04. The molecule has 2 rings (SSSR count). The van der Waals surface area contributed by atoms with E-state index in [1.807, 2.05) is 12.3 Å². The van der Waals surface area contributed by atoms with E-state index >= 15 is 0 Å². The summed E-state index contributed by atoms with van der Waals surface area (Å²) in [6, 6.07) is 7.22. The maximum absolute atomic E-state index is 12.5. The normalized spacial score (nSPS) is 10.3. The second-order valence-electron chi connectivity index (χ2n) is 2.68. The molecule has 0 N–H and O–H groups in total. The number of aryl methyl sites for hydroxylation is 1. The molecule has 0 saturated heterocycles. The highest BCUT2D eigenvalue weighted by atomic mass is 32.1. The highest BCUT2D eigenvalue weighted by Gasteiger charge is 2.01. The van der Waals surface area contributed by atoms with Crippen LogP contribution in [-0.4, -0.2) is 4.98 Å². The van der Waals surface area contributed by atoms with Gasteiger partial charge < -0.3 is 0 Å². The van der Waals surface area contributed by atoms with E-state index in [1.54, 1.807) is 23.5 Å². The van der Waals surface area contributed by atoms with Gasteiger partial charge in [0.15, 0.2) is 0 Å². The molecule has 0 aliphatic rings. The average molecular weight is 192 g/mol. The number of hydrogen-bond donors (Lipinski definition) is 0. The number of aromatic nitrogens is 1. The van der Waals surface area contributed by atoms with Crippen molar-refractivity contribution in [2.45, 2.75) is 6.92 Å². The van der Waals surface area contributed by atoms with E-state index in [0.29, 0.717) is 0 Å². The van der Waals surface area contributed by atoms with E-state index in [2.05, 4.69) is 11.1 Å². The van der Waals surface area contributed by atoms with Crippen molar-refractivity contribution in [3.8, 4) is 11.3 Å². The topological polar surface area (TPSA) is 12.9 Å². The van der Waals surface area contributed by atoms with E-state index in [4.69, 9.17) is 0 Å². The summed E-state index contributed by atoms with van der Waals surface area (Å²) in [6.07, 6.45) is 0. The first-order chi connectivity index (χ1) is 6.25. The van der Waals surface area contributed by atoms with Crippen molar-refractivity contribution in [3.63, 3.8) is 0 Å². The Hall–Kier alpha value is -1.22. The molecule has 0 bridgehead atoms. The number of rotatable bonds is 1. The van der Waals surface area contributed by atoms with Crippen molar-refractivity contribution in [2.24, 2.45) is 0 Å². The summed E-state index contributed by atoms with van der Waals surface area (Å²) in [5.41, 5.74) is 1.80. The molecule has 1 aromatic carbocycles. The predicted molar refractivity (Wildman–Crippen MR) is 51.1 cm³/mol. The van der Waals surface area contributed by atoms with Crippen LogP contribution in [-0.2, 0) is 0 Å². The summed E-state index contributed by atoms with van der Waals surface area (Å²) in [7, 11) is 0. The lowest BCUT2D eigenvalue weighted by molar-refractivity contribution is 0.626. The minimum absolute atomic E-state index is 0.337. The van der Waals surface area contributed by atoms with Crippen molar-refractivity contribution in [1.82, 2.24) is 4.98 Å². The molecule has 2 aromatic rings. The zero-order chi connectivity index (χ0) is 9.26. The second-order valence-corrected chi connectivity index (χ2v) is 3.74. The van der Waals surface area contributed by atoms with Crippen LogP contribution < -0.4 is 0 Å². The molecule has 0 aliphatic heterocycles. The monoisotopic (exact) mass is 192 g/mol. The van der Waals surface area contributed by atoms with Gasteiger partial charge in [-0.25, -0.2) is 9.37 Å². The standard InChI is InChI=1S/C10H7FNS/c1-7-12-10(6-13-7)8-2-4-9(11)5-3-8/h2-4,6H,1H3. The van der Waals surface area contributed by atoms with Crippen LogP contribution in [0.25, 0.3) is 11.3 Å². The number of nitrogens with zero attached hydrogens (tertiary/aromatic N) is 1. The molecule has 1 aromatic heterocycles. The summed E-state index contributed by atoms with van der Waals surface area (Å²) in [6.45, 7) is 1.95. The minimum atomic E-state index is -0.337. The molecule has 0 fully saturated rings. The molecule has 65 valence electrons. The first-order valence-electron chi connectivity index (χ1n) is 3.85. The van der Waals surface area contributed by atoms with Gasteiger partial charge in [-0.2, -0.15) is 0 Å². The third-order valence-electron chi connectivity index (χ3n) is 1.69. The van der Waals surface area contributed by atoms with Crippen LogP contribution in [0, 0.1) is 18.8 Å². The lowest BCUT2D eigenvalue weighted by Crippen LogP contribution is -1.79. The van der Waals surface area contributed by atoms with Gasteiger partial charge in [0, 0.05) is 17.0 Å². The molecule has 3 heteroatoms. The second kappa shape index (κ2) is 3.26. The summed E-state index contributed by atoms with van der Waals surface area (Å²) in [5, 5.41) is 2.97. The summed E-state index contributed by atoms with van der Waals surface area (Å²) in [5.74, 6) is -0.337. The molecule has 0 aliphatic carbocycles. The van der Waals surface area contributed by atoms with Crippen molar-refractivity contribution in [1.29, 1.82) is 0 Å². The number of hydrogen-bond acceptors (Lipinski definition) is 2. The molecule has 0 amide bonds. The SMILES string of the molecule is Cc1nc(-c2c[c]c(F)cc2)cs1. The van der Waals surface area contributed by atoms with Gasteiger partial charge in [0.2, 0.25) is 0 Å². The first kappa shape index (κ1) is 8.38. The van der Waals surface area contributed by atoms with Crippen LogP contribution in [0.1, 0.15) is 5.01 Å². The predicted octanol–water partition coefficient (Wildman–Crippen LogP) is 3.06. The van der Waals surface area contributed by atoms with Crippen LogP contribution in [0.4, 0.5) is 4.39 Å². The van der Waals surface area contributed by atoms with Crippen molar-refractivity contribution in [3.05, 3.63) is 40.5 Å². The van der Waals surface area contributed by atoms with Crippen LogP contribution in [0.5, 0.6) is 0 Å². The van der Waals surface area contributed by atoms with Gasteiger partial charge in [-0.3, -0.25) is 0 Å². The number of benzene rings is 1. The van der Waals surface area contributed by atoms with Gasteiger partial charge in [-0.1, -0.05) is 0 Å². The Kier molecular flexibility index (Phi) is 2.10. The van der Waals surface area contributed by atoms with Gasteiger partial charge in [0.05, 0.1) is 10.7 Å². The highest BCUT2D eigenvalue weighted by molar-refractivity contribution is 7.09. The van der Waals surface area contributed by atoms with Crippen molar-refractivity contribution in [2.75, 3.05) is 0 Å². The smallest absolute Gasteiger partial charge is 0.131 e. The first-order valence-corrected chi connectivity index (χ1v) is 4.73. The average Bonchev–Trinajstić information content (AvgIpc) is 2.53. The summed E-state index contributed by atoms with van der Waals surface area (Å²) in [4.78, 5) is 4.29. The lowest BCUT2D eigenvalue weighted by atomic mass is 10.2. The molecule has 0 unspecified atom stereocenters. The fourth-order valence-electron chi connectivity index (χ4n) is 1.06. The molecule has 1 heterocycles. The Morgan fingerprint density at radius 3 is 2.85 bits per heavy atom. The lowest BCUT2D eigenvalue weighted by Gasteiger charge is -1.94. The summed E-state index contributed by atoms with van der Waals surface area (Å²) < 4.78 is 12.5. The maximum Gasteiger partial charge on any atom is 0.131 e. The van der Waals surface area contributed by atoms with E-state index in [0.717, 1.165) is 16.3 Å². The molecule has 0 spiro atoms. The molecule has 13 heavy (non-hydrogen) atoms. The van der Waals surface area contributed by atoms with E-state index in [9.17, 15) is 4.39 Å². The van der Waals surface area contributed by atoms with Crippen LogP contribution in [0.2, 0.25) is 0 Å². The Bertz CT molecular complexity index is 405. The van der Waals surface area contributed by atoms with Crippen LogP contribution >= 0.6 is 11.3 Å². The third-order valence-corrected chi connectivity index (χ3v) is 2.46. The largest absolute Gasteiger partial charge is 0.242 e. The van der Waals surface area contributed by atoms with Gasteiger partial charge >= 0.3 is 0 Å². The van der Waals surface area contributed by atoms with Gasteiger partial charge in [0.1, 0.15) is 5.82 Å². The summed E-state index contributed by atoms with van der Waals surface area (Å²) >= 11 is 1.58. The fourth-order valence-corrected chi connectivity index (χ4v) is 1.68. The number of halogens is 1. The molecular formula is C10H7FNS. The van der Waals surface area contributed by atoms with E-state index in [-0.39, 0.29) is 5.82 Å². The third kappa shape index (κ3) is 1.75. The highest BCUT2D eigenvalue weighted by Crippen LogP contribution is 2.20. The van der Waals surface area contributed by atoms with E-state index < -0.39 is 0 Å². The molecular weight excluding hydrogens is 185 g/mol. The molecule has 1 nitrogen and oxygen atoms in total. The molecule has 0 saturated carbocycles.